The molecule has 0 saturated heterocycles. The third-order valence-corrected chi connectivity index (χ3v) is 3.72. The molecule has 2 N–H and O–H groups in total. The summed E-state index contributed by atoms with van der Waals surface area (Å²) in [7, 11) is 0. The molecule has 0 aliphatic heterocycles. The summed E-state index contributed by atoms with van der Waals surface area (Å²) < 4.78 is 0. The smallest absolute Gasteiger partial charge is 0.307 e. The summed E-state index contributed by atoms with van der Waals surface area (Å²) in [6.45, 7) is 2.29. The number of carboxylic acids is 1. The first-order valence-electron chi connectivity index (χ1n) is 6.50. The van der Waals surface area contributed by atoms with Gasteiger partial charge in [0, 0.05) is 6.20 Å². The second-order valence-electron chi connectivity index (χ2n) is 4.97. The minimum Gasteiger partial charge on any atom is -0.481 e. The van der Waals surface area contributed by atoms with Crippen LogP contribution in [-0.2, 0) is 16.1 Å². The topological polar surface area (TPSA) is 79.3 Å². The van der Waals surface area contributed by atoms with Gasteiger partial charge in [-0.2, -0.15) is 0 Å². The van der Waals surface area contributed by atoms with Crippen molar-refractivity contribution >= 4 is 11.9 Å². The maximum absolute atomic E-state index is 12.0. The van der Waals surface area contributed by atoms with Crippen molar-refractivity contribution in [2.75, 3.05) is 0 Å². The van der Waals surface area contributed by atoms with E-state index in [1.54, 1.807) is 6.20 Å². The summed E-state index contributed by atoms with van der Waals surface area (Å²) in [5.74, 6) is -1.98. The Morgan fingerprint density at radius 2 is 2.16 bits per heavy atom. The van der Waals surface area contributed by atoms with E-state index in [1.807, 2.05) is 19.1 Å². The Labute approximate surface area is 112 Å². The number of carbonyl (C=O) groups is 2. The van der Waals surface area contributed by atoms with Gasteiger partial charge in [0.15, 0.2) is 0 Å². The number of pyridine rings is 1. The largest absolute Gasteiger partial charge is 0.481 e. The SMILES string of the molecule is Cc1cccnc1CNC(=O)C1CCCC1C(=O)O. The van der Waals surface area contributed by atoms with Crippen LogP contribution < -0.4 is 5.32 Å². The van der Waals surface area contributed by atoms with E-state index in [4.69, 9.17) is 5.11 Å². The van der Waals surface area contributed by atoms with Gasteiger partial charge in [-0.15, -0.1) is 0 Å². The Kier molecular flexibility index (Phi) is 4.14. The van der Waals surface area contributed by atoms with E-state index in [9.17, 15) is 9.59 Å². The fraction of sp³-hybridized carbons (Fsp3) is 0.500. The monoisotopic (exact) mass is 262 g/mol. The van der Waals surface area contributed by atoms with E-state index in [0.717, 1.165) is 17.7 Å². The van der Waals surface area contributed by atoms with Gasteiger partial charge in [-0.05, 0) is 31.4 Å². The number of hydrogen-bond donors (Lipinski definition) is 2. The van der Waals surface area contributed by atoms with E-state index >= 15 is 0 Å². The molecule has 5 nitrogen and oxygen atoms in total. The second kappa shape index (κ2) is 5.82. The van der Waals surface area contributed by atoms with Crippen LogP contribution in [0.25, 0.3) is 0 Å². The summed E-state index contributed by atoms with van der Waals surface area (Å²) in [4.78, 5) is 27.3. The molecule has 2 unspecified atom stereocenters. The number of aryl methyl sites for hydroxylation is 1. The molecule has 0 aromatic carbocycles. The highest BCUT2D eigenvalue weighted by molar-refractivity contribution is 5.85. The van der Waals surface area contributed by atoms with Crippen molar-refractivity contribution in [2.24, 2.45) is 11.8 Å². The quantitative estimate of drug-likeness (QED) is 0.862. The Hall–Kier alpha value is -1.91. The number of nitrogens with one attached hydrogen (secondary N) is 1. The van der Waals surface area contributed by atoms with E-state index in [0.29, 0.717) is 19.4 Å². The number of carbonyl (C=O) groups excluding carboxylic acids is 1. The highest BCUT2D eigenvalue weighted by Crippen LogP contribution is 2.32. The first kappa shape index (κ1) is 13.5. The molecule has 102 valence electrons. The summed E-state index contributed by atoms with van der Waals surface area (Å²) in [5.41, 5.74) is 1.84. The molecule has 2 atom stereocenters. The molecule has 0 radical (unpaired) electrons. The third kappa shape index (κ3) is 3.10. The van der Waals surface area contributed by atoms with E-state index in [-0.39, 0.29) is 5.91 Å². The fourth-order valence-electron chi connectivity index (χ4n) is 2.57. The van der Waals surface area contributed by atoms with Crippen LogP contribution in [0.5, 0.6) is 0 Å². The van der Waals surface area contributed by atoms with Crippen molar-refractivity contribution in [2.45, 2.75) is 32.7 Å². The lowest BCUT2D eigenvalue weighted by molar-refractivity contribution is -0.146. The van der Waals surface area contributed by atoms with Crippen LogP contribution in [0, 0.1) is 18.8 Å². The van der Waals surface area contributed by atoms with Gasteiger partial charge < -0.3 is 10.4 Å². The maximum Gasteiger partial charge on any atom is 0.307 e. The van der Waals surface area contributed by atoms with Crippen molar-refractivity contribution in [1.29, 1.82) is 0 Å². The van der Waals surface area contributed by atoms with Crippen LogP contribution in [0.3, 0.4) is 0 Å². The van der Waals surface area contributed by atoms with Gasteiger partial charge in [0.1, 0.15) is 0 Å². The number of nitrogens with zero attached hydrogens (tertiary/aromatic N) is 1. The third-order valence-electron chi connectivity index (χ3n) is 3.72. The lowest BCUT2D eigenvalue weighted by atomic mass is 9.95. The molecule has 1 fully saturated rings. The second-order valence-corrected chi connectivity index (χ2v) is 4.97. The number of hydrogen-bond acceptors (Lipinski definition) is 3. The highest BCUT2D eigenvalue weighted by Gasteiger charge is 2.37. The molecule has 1 aromatic heterocycles. The van der Waals surface area contributed by atoms with Gasteiger partial charge in [0.25, 0.3) is 0 Å². The Morgan fingerprint density at radius 1 is 1.42 bits per heavy atom. The first-order valence-corrected chi connectivity index (χ1v) is 6.50. The van der Waals surface area contributed by atoms with Gasteiger partial charge in [-0.1, -0.05) is 12.5 Å². The molecule has 1 heterocycles. The van der Waals surface area contributed by atoms with E-state index in [1.165, 1.54) is 0 Å². The zero-order valence-electron chi connectivity index (χ0n) is 10.9. The molecule has 1 aliphatic carbocycles. The summed E-state index contributed by atoms with van der Waals surface area (Å²) in [5, 5.41) is 11.9. The number of carboxylic acid groups (broad SMARTS) is 1. The minimum absolute atomic E-state index is 0.171. The van der Waals surface area contributed by atoms with Crippen molar-refractivity contribution in [3.05, 3.63) is 29.6 Å². The lowest BCUT2D eigenvalue weighted by Gasteiger charge is -2.15. The standard InChI is InChI=1S/C14H18N2O3/c1-9-4-3-7-15-12(9)8-16-13(17)10-5-2-6-11(10)14(18)19/h3-4,7,10-11H,2,5-6,8H2,1H3,(H,16,17)(H,18,19). The predicted octanol–water partition coefficient (Wildman–Crippen LogP) is 1.51. The minimum atomic E-state index is -0.869. The van der Waals surface area contributed by atoms with Crippen molar-refractivity contribution in [1.82, 2.24) is 10.3 Å². The van der Waals surface area contributed by atoms with Gasteiger partial charge in [0.05, 0.1) is 24.1 Å². The van der Waals surface area contributed by atoms with Crippen LogP contribution in [0.2, 0.25) is 0 Å². The molecule has 5 heteroatoms. The van der Waals surface area contributed by atoms with Gasteiger partial charge in [-0.25, -0.2) is 0 Å². The molecule has 0 bridgehead atoms. The van der Waals surface area contributed by atoms with Crippen LogP contribution in [0.1, 0.15) is 30.5 Å². The zero-order chi connectivity index (χ0) is 13.8. The van der Waals surface area contributed by atoms with Crippen molar-refractivity contribution in [3.8, 4) is 0 Å². The van der Waals surface area contributed by atoms with Gasteiger partial charge in [-0.3, -0.25) is 14.6 Å². The Bertz CT molecular complexity index is 487. The molecule has 1 aliphatic rings. The zero-order valence-corrected chi connectivity index (χ0v) is 10.9. The lowest BCUT2D eigenvalue weighted by Crippen LogP contribution is -2.35. The van der Waals surface area contributed by atoms with Crippen molar-refractivity contribution in [3.63, 3.8) is 0 Å². The van der Waals surface area contributed by atoms with E-state index < -0.39 is 17.8 Å². The molecular formula is C14H18N2O3. The van der Waals surface area contributed by atoms with Crippen LogP contribution in [-0.4, -0.2) is 22.0 Å². The van der Waals surface area contributed by atoms with Gasteiger partial charge in [0.2, 0.25) is 5.91 Å². The van der Waals surface area contributed by atoms with Crippen LogP contribution in [0.15, 0.2) is 18.3 Å². The molecule has 1 aromatic rings. The summed E-state index contributed by atoms with van der Waals surface area (Å²) in [6.07, 6.45) is 3.74. The molecule has 1 saturated carbocycles. The number of amides is 1. The molecule has 2 rings (SSSR count). The fourth-order valence-corrected chi connectivity index (χ4v) is 2.57. The van der Waals surface area contributed by atoms with Crippen LogP contribution >= 0.6 is 0 Å². The van der Waals surface area contributed by atoms with Gasteiger partial charge >= 0.3 is 5.97 Å². The highest BCUT2D eigenvalue weighted by atomic mass is 16.4. The van der Waals surface area contributed by atoms with Crippen molar-refractivity contribution < 1.29 is 14.7 Å². The Balaban J connectivity index is 1.95. The summed E-state index contributed by atoms with van der Waals surface area (Å²) >= 11 is 0. The average molecular weight is 262 g/mol. The molecular weight excluding hydrogens is 244 g/mol. The first-order chi connectivity index (χ1) is 9.09. The van der Waals surface area contributed by atoms with E-state index in [2.05, 4.69) is 10.3 Å². The normalized spacial score (nSPS) is 22.2. The maximum atomic E-state index is 12.0. The average Bonchev–Trinajstić information content (AvgIpc) is 2.87. The molecule has 1 amide bonds. The predicted molar refractivity (Wildman–Crippen MR) is 69.3 cm³/mol. The summed E-state index contributed by atoms with van der Waals surface area (Å²) in [6, 6.07) is 3.78. The Morgan fingerprint density at radius 3 is 2.84 bits per heavy atom. The van der Waals surface area contributed by atoms with Crippen LogP contribution in [0.4, 0.5) is 0 Å². The molecule has 19 heavy (non-hydrogen) atoms. The number of aromatic nitrogens is 1. The number of rotatable bonds is 4. The molecule has 0 spiro atoms. The number of aliphatic carboxylic acids is 1.